The number of anilines is 1. The Morgan fingerprint density at radius 2 is 1.93 bits per heavy atom. The van der Waals surface area contributed by atoms with Gasteiger partial charge in [0, 0.05) is 11.6 Å². The van der Waals surface area contributed by atoms with Crippen molar-refractivity contribution in [2.24, 2.45) is 0 Å². The average molecular weight is 240 g/mol. The number of thiazole rings is 1. The van der Waals surface area contributed by atoms with Crippen LogP contribution in [0, 0.1) is 0 Å². The molecule has 6 heteroatoms. The van der Waals surface area contributed by atoms with Crippen LogP contribution in [0.25, 0.3) is 0 Å². The molecule has 0 aliphatic carbocycles. The van der Waals surface area contributed by atoms with Crippen LogP contribution in [0.2, 0.25) is 0 Å². The van der Waals surface area contributed by atoms with Gasteiger partial charge in [0.05, 0.1) is 4.90 Å². The van der Waals surface area contributed by atoms with Gasteiger partial charge in [0.2, 0.25) is 0 Å². The quantitative estimate of drug-likeness (QED) is 0.892. The number of nitrogens with one attached hydrogen (secondary N) is 1. The molecule has 2 aromatic rings. The van der Waals surface area contributed by atoms with E-state index in [4.69, 9.17) is 0 Å². The molecule has 4 nitrogen and oxygen atoms in total. The lowest BCUT2D eigenvalue weighted by Crippen LogP contribution is -2.12. The Hall–Kier alpha value is -1.40. The first kappa shape index (κ1) is 10.1. The normalized spacial score (nSPS) is 11.2. The molecular weight excluding hydrogens is 232 g/mol. The van der Waals surface area contributed by atoms with Crippen molar-refractivity contribution in [3.63, 3.8) is 0 Å². The van der Waals surface area contributed by atoms with E-state index in [1.807, 2.05) is 0 Å². The summed E-state index contributed by atoms with van der Waals surface area (Å²) >= 11 is 1.24. The fourth-order valence-corrected chi connectivity index (χ4v) is 2.86. The van der Waals surface area contributed by atoms with Crippen molar-refractivity contribution in [3.05, 3.63) is 41.9 Å². The Labute approximate surface area is 91.7 Å². The third-order valence-electron chi connectivity index (χ3n) is 1.71. The first-order valence-electron chi connectivity index (χ1n) is 4.16. The highest BCUT2D eigenvalue weighted by molar-refractivity contribution is 7.93. The SMILES string of the molecule is O=S(=O)(Nc1nccs1)c1ccccc1. The summed E-state index contributed by atoms with van der Waals surface area (Å²) in [4.78, 5) is 4.09. The van der Waals surface area contributed by atoms with Crippen LogP contribution in [0.1, 0.15) is 0 Å². The van der Waals surface area contributed by atoms with Gasteiger partial charge in [-0.05, 0) is 12.1 Å². The summed E-state index contributed by atoms with van der Waals surface area (Å²) in [5.41, 5.74) is 0. The summed E-state index contributed by atoms with van der Waals surface area (Å²) < 4.78 is 25.9. The Morgan fingerprint density at radius 1 is 1.20 bits per heavy atom. The Morgan fingerprint density at radius 3 is 2.53 bits per heavy atom. The van der Waals surface area contributed by atoms with Crippen molar-refractivity contribution in [1.29, 1.82) is 0 Å². The topological polar surface area (TPSA) is 59.1 Å². The van der Waals surface area contributed by atoms with Crippen LogP contribution in [0.3, 0.4) is 0 Å². The summed E-state index contributed by atoms with van der Waals surface area (Å²) in [7, 11) is -3.49. The number of sulfonamides is 1. The largest absolute Gasteiger partial charge is 0.263 e. The van der Waals surface area contributed by atoms with E-state index in [0.717, 1.165) is 0 Å². The minimum atomic E-state index is -3.49. The zero-order chi connectivity index (χ0) is 10.7. The molecule has 0 saturated heterocycles. The summed E-state index contributed by atoms with van der Waals surface area (Å²) in [5, 5.41) is 2.09. The minimum Gasteiger partial charge on any atom is -0.255 e. The second kappa shape index (κ2) is 4.00. The van der Waals surface area contributed by atoms with Crippen LogP contribution >= 0.6 is 11.3 Å². The molecule has 0 amide bonds. The lowest BCUT2D eigenvalue weighted by atomic mass is 10.4. The van der Waals surface area contributed by atoms with Crippen molar-refractivity contribution in [1.82, 2.24) is 4.98 Å². The van der Waals surface area contributed by atoms with Gasteiger partial charge in [-0.15, -0.1) is 11.3 Å². The molecule has 0 aliphatic heterocycles. The van der Waals surface area contributed by atoms with Crippen molar-refractivity contribution >= 4 is 26.5 Å². The zero-order valence-electron chi connectivity index (χ0n) is 7.62. The number of hydrogen-bond acceptors (Lipinski definition) is 4. The van der Waals surface area contributed by atoms with Crippen LogP contribution in [-0.4, -0.2) is 13.4 Å². The lowest BCUT2D eigenvalue weighted by molar-refractivity contribution is 0.601. The number of benzene rings is 1. The molecule has 1 aromatic heterocycles. The van der Waals surface area contributed by atoms with Crippen molar-refractivity contribution in [2.75, 3.05) is 4.72 Å². The highest BCUT2D eigenvalue weighted by Crippen LogP contribution is 2.17. The molecule has 0 spiro atoms. The minimum absolute atomic E-state index is 0.236. The van der Waals surface area contributed by atoms with Gasteiger partial charge >= 0.3 is 0 Å². The number of hydrogen-bond donors (Lipinski definition) is 1. The molecule has 2 rings (SSSR count). The Balaban J connectivity index is 2.29. The van der Waals surface area contributed by atoms with Gasteiger partial charge in [0.15, 0.2) is 5.13 Å². The van der Waals surface area contributed by atoms with E-state index in [1.165, 1.54) is 23.5 Å². The maximum Gasteiger partial charge on any atom is 0.263 e. The molecule has 1 N–H and O–H groups in total. The Bertz CT molecular complexity index is 521. The monoisotopic (exact) mass is 240 g/mol. The van der Waals surface area contributed by atoms with Gasteiger partial charge in [0.1, 0.15) is 0 Å². The maximum atomic E-state index is 11.8. The second-order valence-electron chi connectivity index (χ2n) is 2.76. The third-order valence-corrected chi connectivity index (χ3v) is 3.88. The van der Waals surface area contributed by atoms with E-state index in [2.05, 4.69) is 9.71 Å². The third kappa shape index (κ3) is 2.34. The summed E-state index contributed by atoms with van der Waals surface area (Å²) in [6.07, 6.45) is 1.55. The van der Waals surface area contributed by atoms with Crippen LogP contribution < -0.4 is 4.72 Å². The standard InChI is InChI=1S/C9H8N2O2S2/c12-15(13,8-4-2-1-3-5-8)11-9-10-6-7-14-9/h1-7H,(H,10,11). The first-order valence-corrected chi connectivity index (χ1v) is 6.52. The molecule has 1 heterocycles. The number of rotatable bonds is 3. The predicted octanol–water partition coefficient (Wildman–Crippen LogP) is 1.94. The van der Waals surface area contributed by atoms with Crippen molar-refractivity contribution in [3.8, 4) is 0 Å². The predicted molar refractivity (Wildman–Crippen MR) is 59.4 cm³/mol. The summed E-state index contributed by atoms with van der Waals surface area (Å²) in [6.45, 7) is 0. The van der Waals surface area contributed by atoms with E-state index in [0.29, 0.717) is 5.13 Å². The highest BCUT2D eigenvalue weighted by atomic mass is 32.2. The lowest BCUT2D eigenvalue weighted by Gasteiger charge is -2.03. The van der Waals surface area contributed by atoms with E-state index in [1.54, 1.807) is 29.8 Å². The fraction of sp³-hybridized carbons (Fsp3) is 0. The molecule has 0 radical (unpaired) electrons. The summed E-state index contributed by atoms with van der Waals surface area (Å²) in [6, 6.07) is 8.20. The second-order valence-corrected chi connectivity index (χ2v) is 5.33. The number of aromatic nitrogens is 1. The molecule has 0 aliphatic rings. The summed E-state index contributed by atoms with van der Waals surface area (Å²) in [5.74, 6) is 0. The van der Waals surface area contributed by atoms with Crippen molar-refractivity contribution < 1.29 is 8.42 Å². The zero-order valence-corrected chi connectivity index (χ0v) is 9.25. The van der Waals surface area contributed by atoms with Gasteiger partial charge in [-0.25, -0.2) is 13.4 Å². The van der Waals surface area contributed by atoms with Crippen LogP contribution in [0.4, 0.5) is 5.13 Å². The molecular formula is C9H8N2O2S2. The van der Waals surface area contributed by atoms with E-state index in [-0.39, 0.29) is 4.90 Å². The van der Waals surface area contributed by atoms with Gasteiger partial charge in [0.25, 0.3) is 10.0 Å². The van der Waals surface area contributed by atoms with Gasteiger partial charge in [-0.2, -0.15) is 0 Å². The van der Waals surface area contributed by atoms with Crippen LogP contribution in [0.5, 0.6) is 0 Å². The van der Waals surface area contributed by atoms with Gasteiger partial charge < -0.3 is 0 Å². The molecule has 0 fully saturated rings. The molecule has 0 unspecified atom stereocenters. The van der Waals surface area contributed by atoms with Crippen LogP contribution in [-0.2, 0) is 10.0 Å². The maximum absolute atomic E-state index is 11.8. The molecule has 15 heavy (non-hydrogen) atoms. The van der Waals surface area contributed by atoms with Gasteiger partial charge in [-0.3, -0.25) is 4.72 Å². The molecule has 0 saturated carbocycles. The van der Waals surface area contributed by atoms with E-state index in [9.17, 15) is 8.42 Å². The van der Waals surface area contributed by atoms with Crippen LogP contribution in [0.15, 0.2) is 46.8 Å². The van der Waals surface area contributed by atoms with Gasteiger partial charge in [-0.1, -0.05) is 18.2 Å². The smallest absolute Gasteiger partial charge is 0.255 e. The number of nitrogens with zero attached hydrogens (tertiary/aromatic N) is 1. The average Bonchev–Trinajstić information content (AvgIpc) is 2.71. The Kier molecular flexibility index (Phi) is 2.70. The van der Waals surface area contributed by atoms with Crippen molar-refractivity contribution in [2.45, 2.75) is 4.90 Å². The van der Waals surface area contributed by atoms with E-state index < -0.39 is 10.0 Å². The molecule has 0 bridgehead atoms. The first-order chi connectivity index (χ1) is 7.18. The van der Waals surface area contributed by atoms with E-state index >= 15 is 0 Å². The fourth-order valence-electron chi connectivity index (χ4n) is 1.05. The molecule has 78 valence electrons. The highest BCUT2D eigenvalue weighted by Gasteiger charge is 2.13. The molecule has 1 aromatic carbocycles. The molecule has 0 atom stereocenters.